The van der Waals surface area contributed by atoms with Crippen molar-refractivity contribution in [1.82, 2.24) is 4.90 Å². The number of nitrogens with zero attached hydrogens (tertiary/aromatic N) is 2. The molecule has 0 saturated carbocycles. The third-order valence-corrected chi connectivity index (χ3v) is 5.53. The molecule has 0 radical (unpaired) electrons. The van der Waals surface area contributed by atoms with Crippen LogP contribution in [0.4, 0.5) is 11.4 Å². The fourth-order valence-electron chi connectivity index (χ4n) is 3.87. The maximum atomic E-state index is 12.5. The van der Waals surface area contributed by atoms with E-state index in [0.29, 0.717) is 49.8 Å². The molecule has 28 heavy (non-hydrogen) atoms. The van der Waals surface area contributed by atoms with E-state index >= 15 is 0 Å². The third kappa shape index (κ3) is 3.67. The molecule has 148 valence electrons. The highest BCUT2D eigenvalue weighted by Gasteiger charge is 2.26. The maximum Gasteiger partial charge on any atom is 0.254 e. The first-order valence-electron chi connectivity index (χ1n) is 9.93. The van der Waals surface area contributed by atoms with Gasteiger partial charge in [0.15, 0.2) is 0 Å². The van der Waals surface area contributed by atoms with Crippen LogP contribution >= 0.6 is 0 Å². The molecule has 7 nitrogen and oxygen atoms in total. The topological polar surface area (TPSA) is 79.0 Å². The second-order valence-electron chi connectivity index (χ2n) is 7.38. The summed E-state index contributed by atoms with van der Waals surface area (Å²) in [5.74, 6) is 0.0117. The SMILES string of the molecule is O=C(c1ccc(CNc2c(N3CCCCC3)c(=O)c2=O)cc1)N1CCOCC1. The van der Waals surface area contributed by atoms with Gasteiger partial charge in [-0.3, -0.25) is 14.4 Å². The van der Waals surface area contributed by atoms with E-state index in [2.05, 4.69) is 5.32 Å². The Morgan fingerprint density at radius 1 is 0.929 bits per heavy atom. The van der Waals surface area contributed by atoms with Gasteiger partial charge in [0.1, 0.15) is 11.4 Å². The van der Waals surface area contributed by atoms with E-state index in [-0.39, 0.29) is 11.3 Å². The summed E-state index contributed by atoms with van der Waals surface area (Å²) in [5, 5.41) is 3.13. The summed E-state index contributed by atoms with van der Waals surface area (Å²) in [7, 11) is 0. The molecular weight excluding hydrogens is 358 g/mol. The van der Waals surface area contributed by atoms with Crippen molar-refractivity contribution in [2.45, 2.75) is 25.8 Å². The van der Waals surface area contributed by atoms with Gasteiger partial charge in [-0.05, 0) is 37.0 Å². The molecule has 1 amide bonds. The molecule has 2 saturated heterocycles. The van der Waals surface area contributed by atoms with Crippen LogP contribution in [0.3, 0.4) is 0 Å². The van der Waals surface area contributed by atoms with Crippen LogP contribution < -0.4 is 21.1 Å². The molecule has 2 aromatic carbocycles. The zero-order valence-electron chi connectivity index (χ0n) is 15.9. The first kappa shape index (κ1) is 18.7. The van der Waals surface area contributed by atoms with E-state index in [0.717, 1.165) is 31.5 Å². The first-order chi connectivity index (χ1) is 13.6. The largest absolute Gasteiger partial charge is 0.378 e. The summed E-state index contributed by atoms with van der Waals surface area (Å²) >= 11 is 0. The van der Waals surface area contributed by atoms with Crippen molar-refractivity contribution in [1.29, 1.82) is 0 Å². The summed E-state index contributed by atoms with van der Waals surface area (Å²) < 4.78 is 5.28. The van der Waals surface area contributed by atoms with Crippen LogP contribution in [-0.4, -0.2) is 50.2 Å². The summed E-state index contributed by atoms with van der Waals surface area (Å²) in [6, 6.07) is 7.38. The second kappa shape index (κ2) is 8.14. The number of carbonyl (C=O) groups excluding carboxylic acids is 1. The minimum absolute atomic E-state index is 0.0117. The number of nitrogens with one attached hydrogen (secondary N) is 1. The average molecular weight is 383 g/mol. The van der Waals surface area contributed by atoms with Crippen LogP contribution in [0.2, 0.25) is 0 Å². The van der Waals surface area contributed by atoms with E-state index in [4.69, 9.17) is 4.74 Å². The number of amides is 1. The van der Waals surface area contributed by atoms with Gasteiger partial charge >= 0.3 is 0 Å². The van der Waals surface area contributed by atoms with Gasteiger partial charge in [-0.1, -0.05) is 12.1 Å². The molecule has 7 heteroatoms. The molecule has 0 bridgehead atoms. The first-order valence-corrected chi connectivity index (χ1v) is 9.93. The van der Waals surface area contributed by atoms with Crippen molar-refractivity contribution in [3.05, 3.63) is 55.8 Å². The normalized spacial score (nSPS) is 17.7. The van der Waals surface area contributed by atoms with Crippen molar-refractivity contribution in [2.75, 3.05) is 49.6 Å². The molecule has 0 aliphatic carbocycles. The van der Waals surface area contributed by atoms with E-state index in [1.54, 1.807) is 4.90 Å². The number of carbonyl (C=O) groups is 1. The number of hydrogen-bond acceptors (Lipinski definition) is 6. The smallest absolute Gasteiger partial charge is 0.254 e. The lowest BCUT2D eigenvalue weighted by molar-refractivity contribution is 0.0303. The summed E-state index contributed by atoms with van der Waals surface area (Å²) in [6.07, 6.45) is 3.28. The van der Waals surface area contributed by atoms with Crippen LogP contribution in [0.25, 0.3) is 0 Å². The molecule has 2 aromatic rings. The van der Waals surface area contributed by atoms with Crippen molar-refractivity contribution in [3.63, 3.8) is 0 Å². The molecule has 0 atom stereocenters. The van der Waals surface area contributed by atoms with Crippen LogP contribution in [0, 0.1) is 0 Å². The van der Waals surface area contributed by atoms with Crippen molar-refractivity contribution in [3.8, 4) is 0 Å². The number of ether oxygens (including phenoxy) is 1. The Hall–Kier alpha value is -2.67. The highest BCUT2D eigenvalue weighted by Crippen LogP contribution is 2.24. The zero-order valence-corrected chi connectivity index (χ0v) is 15.9. The van der Waals surface area contributed by atoms with Crippen LogP contribution in [0.5, 0.6) is 0 Å². The minimum Gasteiger partial charge on any atom is -0.378 e. The number of hydrogen-bond donors (Lipinski definition) is 1. The van der Waals surface area contributed by atoms with Crippen LogP contribution in [-0.2, 0) is 11.3 Å². The third-order valence-electron chi connectivity index (χ3n) is 5.53. The van der Waals surface area contributed by atoms with E-state index in [9.17, 15) is 14.4 Å². The summed E-state index contributed by atoms with van der Waals surface area (Å²) in [5.41, 5.74) is 1.77. The molecule has 2 aliphatic rings. The Kier molecular flexibility index (Phi) is 5.43. The monoisotopic (exact) mass is 383 g/mol. The molecule has 2 heterocycles. The van der Waals surface area contributed by atoms with Gasteiger partial charge in [-0.25, -0.2) is 0 Å². The Balaban J connectivity index is 1.39. The van der Waals surface area contributed by atoms with E-state index in [1.165, 1.54) is 6.42 Å². The van der Waals surface area contributed by atoms with Gasteiger partial charge in [-0.15, -0.1) is 0 Å². The number of benzene rings is 1. The fourth-order valence-corrected chi connectivity index (χ4v) is 3.87. The number of rotatable bonds is 5. The predicted octanol–water partition coefficient (Wildman–Crippen LogP) is 1.36. The van der Waals surface area contributed by atoms with Crippen LogP contribution in [0.1, 0.15) is 35.2 Å². The molecule has 0 unspecified atom stereocenters. The predicted molar refractivity (Wildman–Crippen MR) is 108 cm³/mol. The maximum absolute atomic E-state index is 12.5. The molecule has 2 aliphatic heterocycles. The number of anilines is 2. The van der Waals surface area contributed by atoms with Crippen molar-refractivity contribution >= 4 is 17.3 Å². The van der Waals surface area contributed by atoms with Gasteiger partial charge in [0.05, 0.1) is 13.2 Å². The van der Waals surface area contributed by atoms with Gasteiger partial charge in [0, 0.05) is 38.3 Å². The highest BCUT2D eigenvalue weighted by molar-refractivity contribution is 5.94. The fraction of sp³-hybridized carbons (Fsp3) is 0.476. The lowest BCUT2D eigenvalue weighted by atomic mass is 10.1. The average Bonchev–Trinajstić information content (AvgIpc) is 2.77. The highest BCUT2D eigenvalue weighted by atomic mass is 16.5. The lowest BCUT2D eigenvalue weighted by Crippen LogP contribution is -2.44. The number of morpholine rings is 1. The van der Waals surface area contributed by atoms with Gasteiger partial charge in [0.2, 0.25) is 0 Å². The van der Waals surface area contributed by atoms with E-state index < -0.39 is 5.43 Å². The van der Waals surface area contributed by atoms with Gasteiger partial charge in [-0.2, -0.15) is 0 Å². The molecule has 0 spiro atoms. The standard InChI is InChI=1S/C21H25N3O4/c25-19-17(18(20(19)26)23-8-2-1-3-9-23)22-14-15-4-6-16(7-5-15)21(27)24-10-12-28-13-11-24/h4-7,22H,1-3,8-14H2. The van der Waals surface area contributed by atoms with Gasteiger partial charge in [0.25, 0.3) is 16.8 Å². The molecule has 2 fully saturated rings. The second-order valence-corrected chi connectivity index (χ2v) is 7.38. The van der Waals surface area contributed by atoms with Crippen LogP contribution in [0.15, 0.2) is 33.9 Å². The molecule has 4 rings (SSSR count). The Bertz CT molecular complexity index is 903. The van der Waals surface area contributed by atoms with Gasteiger partial charge < -0.3 is 19.9 Å². The molecule has 0 aromatic heterocycles. The minimum atomic E-state index is -0.431. The Morgan fingerprint density at radius 3 is 2.29 bits per heavy atom. The van der Waals surface area contributed by atoms with Crippen molar-refractivity contribution < 1.29 is 9.53 Å². The molecule has 1 N–H and O–H groups in total. The van der Waals surface area contributed by atoms with E-state index in [1.807, 2.05) is 29.2 Å². The Morgan fingerprint density at radius 2 is 1.61 bits per heavy atom. The lowest BCUT2D eigenvalue weighted by Gasteiger charge is -2.31. The quantitative estimate of drug-likeness (QED) is 0.786. The molecular formula is C21H25N3O4. The zero-order chi connectivity index (χ0) is 19.5. The number of piperidine rings is 1. The summed E-state index contributed by atoms with van der Waals surface area (Å²) in [6.45, 7) is 4.49. The Labute approximate surface area is 163 Å². The summed E-state index contributed by atoms with van der Waals surface area (Å²) in [4.78, 5) is 40.3. The van der Waals surface area contributed by atoms with Crippen molar-refractivity contribution in [2.24, 2.45) is 0 Å².